The molecule has 2 heterocycles. The van der Waals surface area contributed by atoms with Gasteiger partial charge in [-0.3, -0.25) is 4.79 Å². The van der Waals surface area contributed by atoms with Crippen LogP contribution in [0, 0.1) is 0 Å². The highest BCUT2D eigenvalue weighted by Gasteiger charge is 2.39. The molecule has 1 aliphatic heterocycles. The second-order valence-corrected chi connectivity index (χ2v) is 9.96. The van der Waals surface area contributed by atoms with E-state index in [4.69, 9.17) is 0 Å². The van der Waals surface area contributed by atoms with Gasteiger partial charge in [0.1, 0.15) is 6.04 Å². The lowest BCUT2D eigenvalue weighted by Gasteiger charge is -2.24. The van der Waals surface area contributed by atoms with Gasteiger partial charge in [0, 0.05) is 5.56 Å². The second-order valence-electron chi connectivity index (χ2n) is 6.79. The molecule has 0 bridgehead atoms. The standard InChI is InChI=1S/C18H22N2O3S2/c1-18(9-11-25(22,23)13-18)20-16(21)12-19-17(15-8-5-10-24-15)14-6-3-2-4-7-14/h2-8,10,17,19H,9,11-13H2,1H3,(H,20,21)/p+1/t17-,18-/m0/s1. The van der Waals surface area contributed by atoms with Gasteiger partial charge in [-0.2, -0.15) is 0 Å². The molecular formula is C18H23N2O3S2+. The minimum Gasteiger partial charge on any atom is -0.345 e. The van der Waals surface area contributed by atoms with Crippen molar-refractivity contribution in [3.05, 3.63) is 58.3 Å². The summed E-state index contributed by atoms with van der Waals surface area (Å²) in [5.41, 5.74) is 0.502. The van der Waals surface area contributed by atoms with Gasteiger partial charge in [0.15, 0.2) is 16.4 Å². The molecule has 25 heavy (non-hydrogen) atoms. The molecule has 0 radical (unpaired) electrons. The summed E-state index contributed by atoms with van der Waals surface area (Å²) in [7, 11) is -3.03. The van der Waals surface area contributed by atoms with Crippen molar-refractivity contribution >= 4 is 27.1 Å². The fraction of sp³-hybridized carbons (Fsp3) is 0.389. The molecule has 7 heteroatoms. The van der Waals surface area contributed by atoms with E-state index < -0.39 is 15.4 Å². The molecule has 1 saturated heterocycles. The van der Waals surface area contributed by atoms with Crippen molar-refractivity contribution in [2.24, 2.45) is 0 Å². The number of hydrogen-bond donors (Lipinski definition) is 2. The zero-order valence-electron chi connectivity index (χ0n) is 14.1. The fourth-order valence-electron chi connectivity index (χ4n) is 3.27. The summed E-state index contributed by atoms with van der Waals surface area (Å²) in [6, 6.07) is 14.2. The maximum atomic E-state index is 12.4. The highest BCUT2D eigenvalue weighted by molar-refractivity contribution is 7.91. The van der Waals surface area contributed by atoms with Crippen LogP contribution in [0.25, 0.3) is 0 Å². The van der Waals surface area contributed by atoms with Crippen LogP contribution in [0.2, 0.25) is 0 Å². The van der Waals surface area contributed by atoms with Crippen LogP contribution in [-0.2, 0) is 14.6 Å². The molecule has 1 amide bonds. The number of benzene rings is 1. The van der Waals surface area contributed by atoms with Crippen molar-refractivity contribution in [2.75, 3.05) is 18.1 Å². The van der Waals surface area contributed by atoms with E-state index in [0.717, 1.165) is 5.56 Å². The molecule has 2 aromatic rings. The molecule has 1 aliphatic rings. The first kappa shape index (κ1) is 18.1. The van der Waals surface area contributed by atoms with E-state index >= 15 is 0 Å². The largest absolute Gasteiger partial charge is 0.345 e. The molecular weight excluding hydrogens is 356 g/mol. The molecule has 0 aliphatic carbocycles. The van der Waals surface area contributed by atoms with E-state index in [0.29, 0.717) is 6.42 Å². The van der Waals surface area contributed by atoms with Crippen LogP contribution in [-0.4, -0.2) is 37.9 Å². The molecule has 1 fully saturated rings. The number of carbonyl (C=O) groups excluding carboxylic acids is 1. The summed E-state index contributed by atoms with van der Waals surface area (Å²) in [4.78, 5) is 13.6. The molecule has 1 aromatic heterocycles. The summed E-state index contributed by atoms with van der Waals surface area (Å²) < 4.78 is 23.4. The van der Waals surface area contributed by atoms with E-state index in [1.54, 1.807) is 11.3 Å². The summed E-state index contributed by atoms with van der Waals surface area (Å²) in [6.07, 6.45) is 0.480. The Morgan fingerprint density at radius 1 is 1.28 bits per heavy atom. The molecule has 1 aromatic carbocycles. The van der Waals surface area contributed by atoms with Gasteiger partial charge >= 0.3 is 0 Å². The highest BCUT2D eigenvalue weighted by Crippen LogP contribution is 2.23. The van der Waals surface area contributed by atoms with Crippen molar-refractivity contribution in [1.29, 1.82) is 0 Å². The van der Waals surface area contributed by atoms with Crippen LogP contribution in [0.1, 0.15) is 29.8 Å². The predicted octanol–water partition coefficient (Wildman–Crippen LogP) is 1.09. The van der Waals surface area contributed by atoms with Crippen LogP contribution >= 0.6 is 11.3 Å². The van der Waals surface area contributed by atoms with E-state index in [1.165, 1.54) is 4.88 Å². The summed E-state index contributed by atoms with van der Waals surface area (Å²) in [5.74, 6) is 0.0470. The third-order valence-corrected chi connectivity index (χ3v) is 7.35. The number of hydrogen-bond acceptors (Lipinski definition) is 4. The van der Waals surface area contributed by atoms with Crippen molar-refractivity contribution in [3.63, 3.8) is 0 Å². The van der Waals surface area contributed by atoms with Crippen LogP contribution in [0.4, 0.5) is 0 Å². The lowest BCUT2D eigenvalue weighted by Crippen LogP contribution is -2.88. The van der Waals surface area contributed by atoms with Crippen LogP contribution < -0.4 is 10.6 Å². The van der Waals surface area contributed by atoms with Crippen LogP contribution in [0.15, 0.2) is 47.8 Å². The van der Waals surface area contributed by atoms with Crippen molar-refractivity contribution in [2.45, 2.75) is 24.9 Å². The zero-order valence-corrected chi connectivity index (χ0v) is 15.8. The number of sulfone groups is 1. The molecule has 3 N–H and O–H groups in total. The minimum atomic E-state index is -3.03. The number of amides is 1. The molecule has 0 spiro atoms. The van der Waals surface area contributed by atoms with Crippen LogP contribution in [0.5, 0.6) is 0 Å². The molecule has 3 rings (SSSR count). The minimum absolute atomic E-state index is 0.0266. The molecule has 2 atom stereocenters. The summed E-state index contributed by atoms with van der Waals surface area (Å²) in [6.45, 7) is 2.07. The normalized spacial score (nSPS) is 23.2. The number of nitrogens with one attached hydrogen (secondary N) is 1. The highest BCUT2D eigenvalue weighted by atomic mass is 32.2. The maximum absolute atomic E-state index is 12.4. The van der Waals surface area contributed by atoms with E-state index in [-0.39, 0.29) is 30.0 Å². The Labute approximate surface area is 152 Å². The molecule has 134 valence electrons. The zero-order chi connectivity index (χ0) is 17.9. The summed E-state index contributed by atoms with van der Waals surface area (Å²) in [5, 5.41) is 6.95. The van der Waals surface area contributed by atoms with E-state index in [9.17, 15) is 13.2 Å². The number of quaternary nitrogens is 1. The van der Waals surface area contributed by atoms with Gasteiger partial charge in [0.2, 0.25) is 0 Å². The first-order chi connectivity index (χ1) is 11.9. The monoisotopic (exact) mass is 379 g/mol. The Kier molecular flexibility index (Phi) is 5.27. The Bertz CT molecular complexity index is 819. The molecule has 5 nitrogen and oxygen atoms in total. The first-order valence-corrected chi connectivity index (χ1v) is 11.0. The SMILES string of the molecule is C[C@]1(NC(=O)C[NH2+][C@@H](c2ccccc2)c2cccs2)CCS(=O)(=O)C1. The number of rotatable bonds is 6. The van der Waals surface area contributed by atoms with Crippen molar-refractivity contribution in [1.82, 2.24) is 5.32 Å². The average molecular weight is 380 g/mol. The lowest BCUT2D eigenvalue weighted by molar-refractivity contribution is -0.676. The van der Waals surface area contributed by atoms with Gasteiger partial charge in [-0.1, -0.05) is 36.4 Å². The first-order valence-electron chi connectivity index (χ1n) is 8.30. The van der Waals surface area contributed by atoms with Gasteiger partial charge in [0.25, 0.3) is 5.91 Å². The van der Waals surface area contributed by atoms with E-state index in [1.807, 2.05) is 41.9 Å². The number of carbonyl (C=O) groups is 1. The Balaban J connectivity index is 1.65. The summed E-state index contributed by atoms with van der Waals surface area (Å²) >= 11 is 1.67. The quantitative estimate of drug-likeness (QED) is 0.789. The smallest absolute Gasteiger partial charge is 0.275 e. The Hall–Kier alpha value is -1.70. The Morgan fingerprint density at radius 3 is 2.64 bits per heavy atom. The number of nitrogens with two attached hydrogens (primary N) is 1. The van der Waals surface area contributed by atoms with Gasteiger partial charge in [-0.25, -0.2) is 8.42 Å². The van der Waals surface area contributed by atoms with Crippen molar-refractivity contribution in [3.8, 4) is 0 Å². The second kappa shape index (κ2) is 7.27. The third kappa shape index (κ3) is 4.68. The fourth-order valence-corrected chi connectivity index (χ4v) is 6.21. The molecule has 0 unspecified atom stereocenters. The third-order valence-electron chi connectivity index (χ3n) is 4.49. The van der Waals surface area contributed by atoms with Gasteiger partial charge in [0.05, 0.1) is 21.9 Å². The van der Waals surface area contributed by atoms with Gasteiger partial charge in [-0.15, -0.1) is 11.3 Å². The predicted molar refractivity (Wildman–Crippen MR) is 99.2 cm³/mol. The van der Waals surface area contributed by atoms with Crippen molar-refractivity contribution < 1.29 is 18.5 Å². The van der Waals surface area contributed by atoms with Gasteiger partial charge < -0.3 is 10.6 Å². The Morgan fingerprint density at radius 2 is 2.04 bits per heavy atom. The molecule has 0 saturated carbocycles. The van der Waals surface area contributed by atoms with E-state index in [2.05, 4.69) is 23.5 Å². The average Bonchev–Trinajstić information content (AvgIpc) is 3.17. The lowest BCUT2D eigenvalue weighted by atomic mass is 10.0. The van der Waals surface area contributed by atoms with Crippen LogP contribution in [0.3, 0.4) is 0 Å². The topological polar surface area (TPSA) is 79.8 Å². The number of thiophene rings is 1. The maximum Gasteiger partial charge on any atom is 0.275 e. The van der Waals surface area contributed by atoms with Gasteiger partial charge in [-0.05, 0) is 24.8 Å².